The van der Waals surface area contributed by atoms with Crippen molar-refractivity contribution in [3.63, 3.8) is 0 Å². The van der Waals surface area contributed by atoms with E-state index in [2.05, 4.69) is 15.3 Å². The average Bonchev–Trinajstić information content (AvgIpc) is 3.19. The first-order valence-corrected chi connectivity index (χ1v) is 9.98. The van der Waals surface area contributed by atoms with Crippen LogP contribution < -0.4 is 19.7 Å². The SMILES string of the molecule is CCOc1cc(N2CCOCC2)c(OCC)cc1NC(=O)Cn1ccc(C(F)(F)F)n1. The maximum Gasteiger partial charge on any atom is 0.435 e. The van der Waals surface area contributed by atoms with Crippen LogP contribution in [0.1, 0.15) is 19.5 Å². The number of ether oxygens (including phenoxy) is 3. The minimum absolute atomic E-state index is 0.369. The number of benzene rings is 1. The largest absolute Gasteiger partial charge is 0.492 e. The molecule has 2 aromatic rings. The molecule has 1 aliphatic heterocycles. The first-order chi connectivity index (χ1) is 14.8. The molecule has 1 fully saturated rings. The van der Waals surface area contributed by atoms with Gasteiger partial charge in [-0.25, -0.2) is 0 Å². The summed E-state index contributed by atoms with van der Waals surface area (Å²) in [6.07, 6.45) is -3.45. The van der Waals surface area contributed by atoms with E-state index in [4.69, 9.17) is 14.2 Å². The fourth-order valence-corrected chi connectivity index (χ4v) is 3.18. The molecular formula is C20H25F3N4O4. The van der Waals surface area contributed by atoms with Crippen molar-refractivity contribution >= 4 is 17.3 Å². The lowest BCUT2D eigenvalue weighted by molar-refractivity contribution is -0.141. The van der Waals surface area contributed by atoms with Crippen LogP contribution in [0.2, 0.25) is 0 Å². The van der Waals surface area contributed by atoms with Crippen LogP contribution in [0.15, 0.2) is 24.4 Å². The zero-order chi connectivity index (χ0) is 22.4. The summed E-state index contributed by atoms with van der Waals surface area (Å²) in [5.74, 6) is 0.471. The molecular weight excluding hydrogens is 417 g/mol. The molecule has 170 valence electrons. The van der Waals surface area contributed by atoms with Crippen LogP contribution >= 0.6 is 0 Å². The monoisotopic (exact) mass is 442 g/mol. The molecule has 11 heteroatoms. The van der Waals surface area contributed by atoms with Gasteiger partial charge in [0.25, 0.3) is 0 Å². The number of rotatable bonds is 8. The number of nitrogens with one attached hydrogen (secondary N) is 1. The maximum atomic E-state index is 12.7. The minimum atomic E-state index is -4.56. The molecule has 1 aliphatic rings. The number of anilines is 2. The van der Waals surface area contributed by atoms with Crippen molar-refractivity contribution in [2.24, 2.45) is 0 Å². The Morgan fingerprint density at radius 1 is 1.16 bits per heavy atom. The lowest BCUT2D eigenvalue weighted by Crippen LogP contribution is -2.36. The molecule has 0 aliphatic carbocycles. The molecule has 1 amide bonds. The van der Waals surface area contributed by atoms with Gasteiger partial charge < -0.3 is 24.4 Å². The summed E-state index contributed by atoms with van der Waals surface area (Å²) in [4.78, 5) is 14.6. The summed E-state index contributed by atoms with van der Waals surface area (Å²) < 4.78 is 56.0. The second kappa shape index (κ2) is 9.90. The van der Waals surface area contributed by atoms with Gasteiger partial charge in [-0.05, 0) is 19.9 Å². The summed E-state index contributed by atoms with van der Waals surface area (Å²) in [7, 11) is 0. The van der Waals surface area contributed by atoms with Crippen LogP contribution in [0.4, 0.5) is 24.5 Å². The van der Waals surface area contributed by atoms with Gasteiger partial charge in [-0.1, -0.05) is 0 Å². The predicted molar refractivity (Wildman–Crippen MR) is 108 cm³/mol. The third-order valence-corrected chi connectivity index (χ3v) is 4.52. The molecule has 0 saturated carbocycles. The Hall–Kier alpha value is -2.95. The first-order valence-electron chi connectivity index (χ1n) is 9.98. The van der Waals surface area contributed by atoms with E-state index >= 15 is 0 Å². The molecule has 1 N–H and O–H groups in total. The Morgan fingerprint density at radius 2 is 1.84 bits per heavy atom. The fraction of sp³-hybridized carbons (Fsp3) is 0.500. The molecule has 1 aromatic carbocycles. The summed E-state index contributed by atoms with van der Waals surface area (Å²) in [5.41, 5.74) is 0.146. The van der Waals surface area contributed by atoms with E-state index in [9.17, 15) is 18.0 Å². The molecule has 1 saturated heterocycles. The van der Waals surface area contributed by atoms with Gasteiger partial charge in [0.2, 0.25) is 5.91 Å². The third kappa shape index (κ3) is 5.81. The number of carbonyl (C=O) groups is 1. The van der Waals surface area contributed by atoms with Crippen LogP contribution in [0.25, 0.3) is 0 Å². The number of morpholine rings is 1. The predicted octanol–water partition coefficient (Wildman–Crippen LogP) is 3.17. The maximum absolute atomic E-state index is 12.7. The van der Waals surface area contributed by atoms with Crippen LogP contribution in [-0.2, 0) is 22.3 Å². The molecule has 0 spiro atoms. The van der Waals surface area contributed by atoms with Crippen LogP contribution in [-0.4, -0.2) is 55.2 Å². The van der Waals surface area contributed by atoms with Crippen molar-refractivity contribution < 1.29 is 32.2 Å². The standard InChI is InChI=1S/C20H25F3N4O4/c1-3-30-16-12-15(26-7-9-29-10-8-26)17(31-4-2)11-14(16)24-19(28)13-27-6-5-18(25-27)20(21,22)23/h5-6,11-12H,3-4,7-10,13H2,1-2H3,(H,24,28). The van der Waals surface area contributed by atoms with Gasteiger partial charge in [-0.2, -0.15) is 18.3 Å². The number of aromatic nitrogens is 2. The average molecular weight is 442 g/mol. The van der Waals surface area contributed by atoms with E-state index in [1.807, 2.05) is 13.8 Å². The summed E-state index contributed by atoms with van der Waals surface area (Å²) in [5, 5.41) is 6.09. The molecule has 8 nitrogen and oxygen atoms in total. The van der Waals surface area contributed by atoms with Gasteiger partial charge in [-0.3, -0.25) is 9.48 Å². The number of nitrogens with zero attached hydrogens (tertiary/aromatic N) is 3. The van der Waals surface area contributed by atoms with Crippen molar-refractivity contribution in [2.45, 2.75) is 26.6 Å². The van der Waals surface area contributed by atoms with Crippen LogP contribution in [0.5, 0.6) is 11.5 Å². The van der Waals surface area contributed by atoms with E-state index in [1.54, 1.807) is 12.1 Å². The lowest BCUT2D eigenvalue weighted by atomic mass is 10.2. The number of hydrogen-bond donors (Lipinski definition) is 1. The summed E-state index contributed by atoms with van der Waals surface area (Å²) >= 11 is 0. The van der Waals surface area contributed by atoms with Gasteiger partial charge in [0.05, 0.1) is 37.8 Å². The minimum Gasteiger partial charge on any atom is -0.492 e. The Kier molecular flexibility index (Phi) is 7.26. The molecule has 0 bridgehead atoms. The van der Waals surface area contributed by atoms with E-state index in [1.165, 1.54) is 0 Å². The number of carbonyl (C=O) groups excluding carboxylic acids is 1. The van der Waals surface area contributed by atoms with Crippen molar-refractivity contribution in [3.05, 3.63) is 30.1 Å². The van der Waals surface area contributed by atoms with Crippen molar-refractivity contribution in [1.82, 2.24) is 9.78 Å². The molecule has 31 heavy (non-hydrogen) atoms. The molecule has 0 atom stereocenters. The smallest absolute Gasteiger partial charge is 0.435 e. The second-order valence-corrected chi connectivity index (χ2v) is 6.73. The van der Waals surface area contributed by atoms with Gasteiger partial charge in [-0.15, -0.1) is 0 Å². The van der Waals surface area contributed by atoms with Gasteiger partial charge in [0, 0.05) is 31.4 Å². The van der Waals surface area contributed by atoms with Gasteiger partial charge >= 0.3 is 6.18 Å². The number of amides is 1. The Bertz CT molecular complexity index is 895. The summed E-state index contributed by atoms with van der Waals surface area (Å²) in [6.45, 7) is 6.66. The highest BCUT2D eigenvalue weighted by Gasteiger charge is 2.33. The van der Waals surface area contributed by atoms with Gasteiger partial charge in [0.15, 0.2) is 5.69 Å². The Balaban J connectivity index is 1.82. The normalized spacial score (nSPS) is 14.4. The van der Waals surface area contributed by atoms with E-state index < -0.39 is 17.8 Å². The topological polar surface area (TPSA) is 77.9 Å². The first kappa shape index (κ1) is 22.7. The van der Waals surface area contributed by atoms with E-state index in [0.29, 0.717) is 56.7 Å². The third-order valence-electron chi connectivity index (χ3n) is 4.52. The molecule has 3 rings (SSSR count). The number of halogens is 3. The fourth-order valence-electron chi connectivity index (χ4n) is 3.18. The molecule has 0 radical (unpaired) electrons. The Morgan fingerprint density at radius 3 is 2.45 bits per heavy atom. The highest BCUT2D eigenvalue weighted by Crippen LogP contribution is 2.39. The highest BCUT2D eigenvalue weighted by molar-refractivity contribution is 5.93. The molecule has 0 unspecified atom stereocenters. The Labute approximate surface area is 177 Å². The highest BCUT2D eigenvalue weighted by atomic mass is 19.4. The van der Waals surface area contributed by atoms with Crippen LogP contribution in [0.3, 0.4) is 0 Å². The van der Waals surface area contributed by atoms with Crippen molar-refractivity contribution in [3.8, 4) is 11.5 Å². The van der Waals surface area contributed by atoms with Crippen LogP contribution in [0, 0.1) is 0 Å². The summed E-state index contributed by atoms with van der Waals surface area (Å²) in [6, 6.07) is 4.29. The van der Waals surface area contributed by atoms with Crippen molar-refractivity contribution in [1.29, 1.82) is 0 Å². The van der Waals surface area contributed by atoms with E-state index in [0.717, 1.165) is 22.6 Å². The quantitative estimate of drug-likeness (QED) is 0.677. The lowest BCUT2D eigenvalue weighted by Gasteiger charge is -2.31. The zero-order valence-corrected chi connectivity index (χ0v) is 17.4. The molecule has 2 heterocycles. The zero-order valence-electron chi connectivity index (χ0n) is 17.4. The molecule has 1 aromatic heterocycles. The van der Waals surface area contributed by atoms with E-state index in [-0.39, 0.29) is 6.54 Å². The number of alkyl halides is 3. The van der Waals surface area contributed by atoms with Gasteiger partial charge in [0.1, 0.15) is 18.0 Å². The number of hydrogen-bond acceptors (Lipinski definition) is 6. The second-order valence-electron chi connectivity index (χ2n) is 6.73. The van der Waals surface area contributed by atoms with Crippen molar-refractivity contribution in [2.75, 3.05) is 49.7 Å².